The Bertz CT molecular complexity index is 422. The van der Waals surface area contributed by atoms with Gasteiger partial charge in [0.15, 0.2) is 0 Å². The molecule has 0 aromatic heterocycles. The summed E-state index contributed by atoms with van der Waals surface area (Å²) in [6, 6.07) is 6.60. The second-order valence-electron chi connectivity index (χ2n) is 3.31. The maximum Gasteiger partial charge on any atom is 0.312 e. The van der Waals surface area contributed by atoms with Crippen LogP contribution >= 0.6 is 0 Å². The molecule has 0 fully saturated rings. The first-order valence-electron chi connectivity index (χ1n) is 4.61. The number of amides is 2. The van der Waals surface area contributed by atoms with E-state index < -0.39 is 24.2 Å². The van der Waals surface area contributed by atoms with Crippen LogP contribution in [0.3, 0.4) is 0 Å². The van der Waals surface area contributed by atoms with E-state index in [-0.39, 0.29) is 0 Å². The van der Waals surface area contributed by atoms with Crippen LogP contribution in [0.5, 0.6) is 0 Å². The third kappa shape index (κ3) is 3.53. The van der Waals surface area contributed by atoms with Gasteiger partial charge in [-0.2, -0.15) is 0 Å². The number of carbonyl (C=O) groups excluding carboxylic acids is 2. The van der Waals surface area contributed by atoms with Gasteiger partial charge in [-0.25, -0.2) is 0 Å². The Kier molecular flexibility index (Phi) is 3.77. The van der Waals surface area contributed by atoms with E-state index in [0.29, 0.717) is 5.56 Å². The molecule has 0 atom stereocenters. The Hall–Kier alpha value is -2.17. The van der Waals surface area contributed by atoms with Crippen LogP contribution in [0.4, 0.5) is 0 Å². The van der Waals surface area contributed by atoms with Gasteiger partial charge in [0, 0.05) is 5.56 Å². The molecule has 16 heavy (non-hydrogen) atoms. The van der Waals surface area contributed by atoms with Gasteiger partial charge in [-0.15, -0.1) is 0 Å². The quantitative estimate of drug-likeness (QED) is 0.737. The maximum absolute atomic E-state index is 11.4. The lowest BCUT2D eigenvalue weighted by Gasteiger charge is -2.02. The van der Waals surface area contributed by atoms with Gasteiger partial charge in [-0.05, 0) is 19.1 Å². The number of hydrogen-bond donors (Lipinski definition) is 2. The van der Waals surface area contributed by atoms with Crippen molar-refractivity contribution in [2.45, 2.75) is 13.3 Å². The lowest BCUT2D eigenvalue weighted by atomic mass is 10.1. The van der Waals surface area contributed by atoms with Crippen molar-refractivity contribution in [2.24, 2.45) is 0 Å². The summed E-state index contributed by atoms with van der Waals surface area (Å²) >= 11 is 0. The van der Waals surface area contributed by atoms with Crippen molar-refractivity contribution in [1.82, 2.24) is 5.32 Å². The number of benzene rings is 1. The lowest BCUT2D eigenvalue weighted by Crippen LogP contribution is -2.31. The number of carboxylic acids is 1. The number of rotatable bonds is 3. The molecule has 0 radical (unpaired) electrons. The summed E-state index contributed by atoms with van der Waals surface area (Å²) in [5.74, 6) is -2.68. The van der Waals surface area contributed by atoms with Crippen LogP contribution in [0.15, 0.2) is 24.3 Å². The van der Waals surface area contributed by atoms with Gasteiger partial charge in [0.2, 0.25) is 5.91 Å². The highest BCUT2D eigenvalue weighted by atomic mass is 16.4. The highest BCUT2D eigenvalue weighted by Gasteiger charge is 2.12. The molecule has 1 aromatic rings. The normalized spacial score (nSPS) is 9.56. The molecule has 2 amide bonds. The van der Waals surface area contributed by atoms with Crippen molar-refractivity contribution in [3.8, 4) is 0 Å². The van der Waals surface area contributed by atoms with E-state index in [1.54, 1.807) is 24.3 Å². The van der Waals surface area contributed by atoms with Crippen molar-refractivity contribution in [3.63, 3.8) is 0 Å². The molecule has 0 aliphatic rings. The predicted octanol–water partition coefficient (Wildman–Crippen LogP) is 0.726. The zero-order valence-corrected chi connectivity index (χ0v) is 8.69. The molecule has 84 valence electrons. The van der Waals surface area contributed by atoms with Gasteiger partial charge in [0.05, 0.1) is 0 Å². The van der Waals surface area contributed by atoms with E-state index in [0.717, 1.165) is 5.56 Å². The number of carboxylic acid groups (broad SMARTS) is 1. The van der Waals surface area contributed by atoms with Gasteiger partial charge in [0.25, 0.3) is 5.91 Å². The number of aryl methyl sites for hydroxylation is 1. The van der Waals surface area contributed by atoms with E-state index >= 15 is 0 Å². The van der Waals surface area contributed by atoms with Gasteiger partial charge in [0.1, 0.15) is 6.42 Å². The van der Waals surface area contributed by atoms with Gasteiger partial charge < -0.3 is 5.11 Å². The third-order valence-corrected chi connectivity index (χ3v) is 1.88. The Morgan fingerprint density at radius 3 is 2.25 bits per heavy atom. The lowest BCUT2D eigenvalue weighted by molar-refractivity contribution is -0.140. The fraction of sp³-hybridized carbons (Fsp3) is 0.182. The Morgan fingerprint density at radius 1 is 1.19 bits per heavy atom. The maximum atomic E-state index is 11.4. The largest absolute Gasteiger partial charge is 0.481 e. The molecule has 0 unspecified atom stereocenters. The van der Waals surface area contributed by atoms with Crippen LogP contribution in [0.2, 0.25) is 0 Å². The monoisotopic (exact) mass is 221 g/mol. The SMILES string of the molecule is Cc1ccc(C(=O)NC(=O)CC(=O)O)cc1. The zero-order chi connectivity index (χ0) is 12.1. The highest BCUT2D eigenvalue weighted by molar-refractivity contribution is 6.08. The third-order valence-electron chi connectivity index (χ3n) is 1.88. The Labute approximate surface area is 92.1 Å². The molecule has 0 aliphatic carbocycles. The standard InChI is InChI=1S/C11H11NO4/c1-7-2-4-8(5-3-7)11(16)12-9(13)6-10(14)15/h2-5H,6H2,1H3,(H,14,15)(H,12,13,16). The van der Waals surface area contributed by atoms with E-state index in [2.05, 4.69) is 0 Å². The predicted molar refractivity (Wildman–Crippen MR) is 55.9 cm³/mol. The van der Waals surface area contributed by atoms with E-state index in [1.165, 1.54) is 0 Å². The summed E-state index contributed by atoms with van der Waals surface area (Å²) < 4.78 is 0. The molecule has 2 N–H and O–H groups in total. The van der Waals surface area contributed by atoms with Crippen LogP contribution in [-0.2, 0) is 9.59 Å². The average molecular weight is 221 g/mol. The van der Waals surface area contributed by atoms with Gasteiger partial charge in [-0.3, -0.25) is 19.7 Å². The van der Waals surface area contributed by atoms with Crippen LogP contribution in [0, 0.1) is 6.92 Å². The number of nitrogens with one attached hydrogen (secondary N) is 1. The molecule has 5 heteroatoms. The van der Waals surface area contributed by atoms with Gasteiger partial charge >= 0.3 is 5.97 Å². The summed E-state index contributed by atoms with van der Waals surface area (Å²) in [7, 11) is 0. The van der Waals surface area contributed by atoms with Crippen molar-refractivity contribution in [3.05, 3.63) is 35.4 Å². The molecule has 0 bridgehead atoms. The number of imide groups is 1. The molecule has 0 heterocycles. The number of carbonyl (C=O) groups is 3. The van der Waals surface area contributed by atoms with E-state index in [9.17, 15) is 14.4 Å². The summed E-state index contributed by atoms with van der Waals surface area (Å²) in [5, 5.41) is 10.3. The fourth-order valence-corrected chi connectivity index (χ4v) is 1.09. The van der Waals surface area contributed by atoms with Crippen molar-refractivity contribution in [1.29, 1.82) is 0 Å². The van der Waals surface area contributed by atoms with Crippen molar-refractivity contribution < 1.29 is 19.5 Å². The zero-order valence-electron chi connectivity index (χ0n) is 8.69. The second kappa shape index (κ2) is 5.06. The minimum absolute atomic E-state index is 0.323. The molecule has 0 spiro atoms. The van der Waals surface area contributed by atoms with Crippen molar-refractivity contribution >= 4 is 17.8 Å². The molecule has 0 aliphatic heterocycles. The topological polar surface area (TPSA) is 83.5 Å². The highest BCUT2D eigenvalue weighted by Crippen LogP contribution is 2.02. The first-order valence-corrected chi connectivity index (χ1v) is 4.61. The van der Waals surface area contributed by atoms with Crippen LogP contribution in [-0.4, -0.2) is 22.9 Å². The average Bonchev–Trinajstić information content (AvgIpc) is 2.16. The second-order valence-corrected chi connectivity index (χ2v) is 3.31. The van der Waals surface area contributed by atoms with Crippen LogP contribution in [0.1, 0.15) is 22.3 Å². The molecule has 0 saturated carbocycles. The Balaban J connectivity index is 2.62. The summed E-state index contributed by atoms with van der Waals surface area (Å²) in [6.07, 6.45) is -0.711. The number of hydrogen-bond acceptors (Lipinski definition) is 3. The van der Waals surface area contributed by atoms with Crippen molar-refractivity contribution in [2.75, 3.05) is 0 Å². The fourth-order valence-electron chi connectivity index (χ4n) is 1.09. The van der Waals surface area contributed by atoms with E-state index in [1.807, 2.05) is 12.2 Å². The number of aliphatic carboxylic acids is 1. The molecular formula is C11H11NO4. The molecule has 5 nitrogen and oxygen atoms in total. The molecule has 1 aromatic carbocycles. The first kappa shape index (κ1) is 11.9. The molecule has 0 saturated heterocycles. The minimum atomic E-state index is -1.27. The molecular weight excluding hydrogens is 210 g/mol. The summed E-state index contributed by atoms with van der Waals surface area (Å²) in [4.78, 5) is 32.6. The summed E-state index contributed by atoms with van der Waals surface area (Å²) in [5.41, 5.74) is 1.32. The van der Waals surface area contributed by atoms with E-state index in [4.69, 9.17) is 5.11 Å². The Morgan fingerprint density at radius 2 is 1.75 bits per heavy atom. The minimum Gasteiger partial charge on any atom is -0.481 e. The molecule has 1 rings (SSSR count). The van der Waals surface area contributed by atoms with Gasteiger partial charge in [-0.1, -0.05) is 17.7 Å². The smallest absolute Gasteiger partial charge is 0.312 e. The first-order chi connectivity index (χ1) is 7.49. The summed E-state index contributed by atoms with van der Waals surface area (Å²) in [6.45, 7) is 1.87. The van der Waals surface area contributed by atoms with Crippen LogP contribution in [0.25, 0.3) is 0 Å². The van der Waals surface area contributed by atoms with Crippen LogP contribution < -0.4 is 5.32 Å².